The molecule has 0 aliphatic carbocycles. The monoisotopic (exact) mass is 280 g/mol. The standard InChI is InChI=1S/C14H20N2O2S/c17-14(18)6-5-12-11-19-13(15-12)7-10-16-8-3-1-2-4-9-16/h5-6,11H,1-4,7-10H2,(H,17,18)/b6-5+. The van der Waals surface area contributed by atoms with Crippen LogP contribution in [0.2, 0.25) is 0 Å². The van der Waals surface area contributed by atoms with E-state index in [9.17, 15) is 4.79 Å². The zero-order valence-electron chi connectivity index (χ0n) is 11.0. The third-order valence-electron chi connectivity index (χ3n) is 3.31. The first-order valence-electron chi connectivity index (χ1n) is 6.82. The topological polar surface area (TPSA) is 53.4 Å². The molecule has 0 unspecified atom stereocenters. The fraction of sp³-hybridized carbons (Fsp3) is 0.571. The number of rotatable bonds is 5. The van der Waals surface area contributed by atoms with Gasteiger partial charge in [0.1, 0.15) is 0 Å². The minimum Gasteiger partial charge on any atom is -0.478 e. The van der Waals surface area contributed by atoms with Crippen molar-refractivity contribution >= 4 is 23.4 Å². The zero-order valence-corrected chi connectivity index (χ0v) is 11.9. The molecule has 1 aliphatic rings. The van der Waals surface area contributed by atoms with Crippen LogP contribution in [0.25, 0.3) is 6.08 Å². The average molecular weight is 280 g/mol. The van der Waals surface area contributed by atoms with Crippen LogP contribution in [-0.2, 0) is 11.2 Å². The van der Waals surface area contributed by atoms with Gasteiger partial charge in [0.05, 0.1) is 10.7 Å². The Morgan fingerprint density at radius 1 is 1.37 bits per heavy atom. The third kappa shape index (κ3) is 5.12. The van der Waals surface area contributed by atoms with Crippen molar-refractivity contribution in [3.05, 3.63) is 22.2 Å². The first-order valence-corrected chi connectivity index (χ1v) is 7.70. The molecule has 1 aliphatic heterocycles. The Kier molecular flexibility index (Phi) is 5.54. The van der Waals surface area contributed by atoms with Crippen LogP contribution in [0.5, 0.6) is 0 Å². The van der Waals surface area contributed by atoms with Crippen molar-refractivity contribution in [1.29, 1.82) is 0 Å². The van der Waals surface area contributed by atoms with Crippen LogP contribution in [0.1, 0.15) is 36.4 Å². The number of hydrogen-bond acceptors (Lipinski definition) is 4. The second kappa shape index (κ2) is 7.40. The molecule has 1 fully saturated rings. The zero-order chi connectivity index (χ0) is 13.5. The quantitative estimate of drug-likeness (QED) is 0.843. The van der Waals surface area contributed by atoms with Gasteiger partial charge in [-0.05, 0) is 32.0 Å². The fourth-order valence-corrected chi connectivity index (χ4v) is 3.04. The largest absolute Gasteiger partial charge is 0.478 e. The van der Waals surface area contributed by atoms with E-state index in [1.165, 1.54) is 38.8 Å². The molecule has 0 amide bonds. The molecule has 0 radical (unpaired) electrons. The number of aliphatic carboxylic acids is 1. The van der Waals surface area contributed by atoms with Gasteiger partial charge in [-0.25, -0.2) is 9.78 Å². The summed E-state index contributed by atoms with van der Waals surface area (Å²) in [5, 5.41) is 11.6. The van der Waals surface area contributed by atoms with E-state index >= 15 is 0 Å². The molecule has 0 bridgehead atoms. The maximum atomic E-state index is 10.4. The predicted molar refractivity (Wildman–Crippen MR) is 77.4 cm³/mol. The van der Waals surface area contributed by atoms with Gasteiger partial charge in [0, 0.05) is 24.4 Å². The second-order valence-corrected chi connectivity index (χ2v) is 5.79. The molecular weight excluding hydrogens is 260 g/mol. The fourth-order valence-electron chi connectivity index (χ4n) is 2.29. The first kappa shape index (κ1) is 14.2. The smallest absolute Gasteiger partial charge is 0.328 e. The van der Waals surface area contributed by atoms with Gasteiger partial charge in [-0.1, -0.05) is 12.8 Å². The van der Waals surface area contributed by atoms with Crippen molar-refractivity contribution in [3.63, 3.8) is 0 Å². The summed E-state index contributed by atoms with van der Waals surface area (Å²) in [4.78, 5) is 17.4. The molecule has 2 rings (SSSR count). The van der Waals surface area contributed by atoms with E-state index in [0.717, 1.165) is 29.7 Å². The highest BCUT2D eigenvalue weighted by Gasteiger charge is 2.09. The third-order valence-corrected chi connectivity index (χ3v) is 4.23. The highest BCUT2D eigenvalue weighted by Crippen LogP contribution is 2.14. The van der Waals surface area contributed by atoms with E-state index in [-0.39, 0.29) is 0 Å². The lowest BCUT2D eigenvalue weighted by Crippen LogP contribution is -2.26. The van der Waals surface area contributed by atoms with Gasteiger partial charge < -0.3 is 10.0 Å². The number of nitrogens with zero attached hydrogens (tertiary/aromatic N) is 2. The molecule has 5 heteroatoms. The number of thiazole rings is 1. The SMILES string of the molecule is O=C(O)/C=C/c1csc(CCN2CCCCCC2)n1. The van der Waals surface area contributed by atoms with E-state index in [0.29, 0.717) is 0 Å². The molecule has 19 heavy (non-hydrogen) atoms. The Morgan fingerprint density at radius 2 is 2.11 bits per heavy atom. The first-order chi connectivity index (χ1) is 9.24. The van der Waals surface area contributed by atoms with E-state index in [1.54, 1.807) is 17.4 Å². The Bertz CT molecular complexity index is 434. The summed E-state index contributed by atoms with van der Waals surface area (Å²) in [5.41, 5.74) is 0.748. The Balaban J connectivity index is 1.80. The van der Waals surface area contributed by atoms with Crippen LogP contribution in [0.4, 0.5) is 0 Å². The van der Waals surface area contributed by atoms with E-state index in [4.69, 9.17) is 5.11 Å². The Hall–Kier alpha value is -1.20. The maximum absolute atomic E-state index is 10.4. The lowest BCUT2D eigenvalue weighted by Gasteiger charge is -2.18. The van der Waals surface area contributed by atoms with Gasteiger partial charge in [0.25, 0.3) is 0 Å². The number of carbonyl (C=O) groups is 1. The van der Waals surface area contributed by atoms with Crippen molar-refractivity contribution in [2.45, 2.75) is 32.1 Å². The van der Waals surface area contributed by atoms with E-state index < -0.39 is 5.97 Å². The van der Waals surface area contributed by atoms with Crippen molar-refractivity contribution in [2.75, 3.05) is 19.6 Å². The summed E-state index contributed by atoms with van der Waals surface area (Å²) in [6.45, 7) is 3.48. The molecule has 0 spiro atoms. The Labute approximate surface area is 117 Å². The molecule has 104 valence electrons. The maximum Gasteiger partial charge on any atom is 0.328 e. The van der Waals surface area contributed by atoms with Gasteiger partial charge in [-0.2, -0.15) is 0 Å². The molecule has 0 atom stereocenters. The lowest BCUT2D eigenvalue weighted by molar-refractivity contribution is -0.131. The molecule has 1 aromatic rings. The summed E-state index contributed by atoms with van der Waals surface area (Å²) < 4.78 is 0. The second-order valence-electron chi connectivity index (χ2n) is 4.84. The van der Waals surface area contributed by atoms with E-state index in [1.807, 2.05) is 5.38 Å². The highest BCUT2D eigenvalue weighted by atomic mass is 32.1. The number of likely N-dealkylation sites (tertiary alicyclic amines) is 1. The number of carboxylic acids is 1. The van der Waals surface area contributed by atoms with Crippen LogP contribution in [-0.4, -0.2) is 40.6 Å². The summed E-state index contributed by atoms with van der Waals surface area (Å²) >= 11 is 1.61. The molecule has 1 saturated heterocycles. The lowest BCUT2D eigenvalue weighted by atomic mass is 10.2. The molecule has 1 N–H and O–H groups in total. The van der Waals surface area contributed by atoms with Gasteiger partial charge in [-0.15, -0.1) is 11.3 Å². The normalized spacial score (nSPS) is 17.7. The van der Waals surface area contributed by atoms with Gasteiger partial charge in [0.2, 0.25) is 0 Å². The van der Waals surface area contributed by atoms with Crippen LogP contribution in [0.3, 0.4) is 0 Å². The van der Waals surface area contributed by atoms with Crippen LogP contribution < -0.4 is 0 Å². The molecular formula is C14H20N2O2S. The van der Waals surface area contributed by atoms with Gasteiger partial charge in [0.15, 0.2) is 0 Å². The van der Waals surface area contributed by atoms with Crippen LogP contribution in [0, 0.1) is 0 Å². The summed E-state index contributed by atoms with van der Waals surface area (Å²) in [6, 6.07) is 0. The van der Waals surface area contributed by atoms with Crippen molar-refractivity contribution < 1.29 is 9.90 Å². The minimum absolute atomic E-state index is 0.748. The average Bonchev–Trinajstić information content (AvgIpc) is 2.68. The molecule has 4 nitrogen and oxygen atoms in total. The van der Waals surface area contributed by atoms with Crippen LogP contribution in [0.15, 0.2) is 11.5 Å². The number of carboxylic acid groups (broad SMARTS) is 1. The van der Waals surface area contributed by atoms with Crippen molar-refractivity contribution in [3.8, 4) is 0 Å². The van der Waals surface area contributed by atoms with Crippen molar-refractivity contribution in [1.82, 2.24) is 9.88 Å². The number of aromatic nitrogens is 1. The summed E-state index contributed by atoms with van der Waals surface area (Å²) in [7, 11) is 0. The summed E-state index contributed by atoms with van der Waals surface area (Å²) in [5.74, 6) is -0.931. The predicted octanol–water partition coefficient (Wildman–Crippen LogP) is 2.66. The van der Waals surface area contributed by atoms with Crippen molar-refractivity contribution in [2.24, 2.45) is 0 Å². The molecule has 0 saturated carbocycles. The van der Waals surface area contributed by atoms with Gasteiger partial charge in [-0.3, -0.25) is 0 Å². The van der Waals surface area contributed by atoms with Crippen LogP contribution >= 0.6 is 11.3 Å². The van der Waals surface area contributed by atoms with Gasteiger partial charge >= 0.3 is 5.97 Å². The number of hydrogen-bond donors (Lipinski definition) is 1. The minimum atomic E-state index is -0.931. The molecule has 1 aromatic heterocycles. The Morgan fingerprint density at radius 3 is 2.79 bits per heavy atom. The molecule has 0 aromatic carbocycles. The molecule has 2 heterocycles. The highest BCUT2D eigenvalue weighted by molar-refractivity contribution is 7.09. The van der Waals surface area contributed by atoms with E-state index in [2.05, 4.69) is 9.88 Å². The summed E-state index contributed by atoms with van der Waals surface area (Å²) in [6.07, 6.45) is 8.98.